The molecule has 0 aliphatic carbocycles. The van der Waals surface area contributed by atoms with Crippen LogP contribution in [0.2, 0.25) is 0 Å². The molecule has 0 bridgehead atoms. The summed E-state index contributed by atoms with van der Waals surface area (Å²) < 4.78 is 43.8. The standard InChI is InChI=1S/C30H25F2N3O5.2C2H6/c1-17-8-13-23(22(32)14-17)35-28-27(29(37)34(30(35)38)16-19-9-11-20(39-4)12-10-19)25(15-26(36)33(28)3)40-24-7-5-6-21(31)18(24)2;2*1-2/h5-15H,16H2,1-4H3;2*1-2H3. The van der Waals surface area contributed by atoms with E-state index < -0.39 is 28.4 Å². The van der Waals surface area contributed by atoms with Crippen molar-refractivity contribution in [3.63, 3.8) is 0 Å². The fraction of sp³-hybridized carbons (Fsp3) is 0.265. The molecular formula is C34H37F2N3O5. The number of aromatic nitrogens is 3. The summed E-state index contributed by atoms with van der Waals surface area (Å²) in [6.45, 7) is 11.0. The number of ether oxygens (including phenoxy) is 2. The van der Waals surface area contributed by atoms with E-state index in [2.05, 4.69) is 0 Å². The lowest BCUT2D eigenvalue weighted by Gasteiger charge is -2.19. The topological polar surface area (TPSA) is 84.5 Å². The van der Waals surface area contributed by atoms with E-state index in [1.165, 1.54) is 51.4 Å². The highest BCUT2D eigenvalue weighted by atomic mass is 19.1. The molecule has 0 atom stereocenters. The number of hydrogen-bond donors (Lipinski definition) is 0. The first kappa shape index (κ1) is 33.5. The van der Waals surface area contributed by atoms with Gasteiger partial charge in [0.1, 0.15) is 39.9 Å². The zero-order valence-corrected chi connectivity index (χ0v) is 26.2. The third kappa shape index (κ3) is 6.49. The summed E-state index contributed by atoms with van der Waals surface area (Å²) in [6.07, 6.45) is 0. The van der Waals surface area contributed by atoms with Crippen LogP contribution in [-0.2, 0) is 13.6 Å². The number of hydrogen-bond acceptors (Lipinski definition) is 5. The quantitative estimate of drug-likeness (QED) is 0.217. The van der Waals surface area contributed by atoms with Crippen molar-refractivity contribution in [2.24, 2.45) is 7.05 Å². The number of methoxy groups -OCH3 is 1. The van der Waals surface area contributed by atoms with Crippen molar-refractivity contribution < 1.29 is 18.3 Å². The second-order valence-corrected chi connectivity index (χ2v) is 9.38. The molecule has 10 heteroatoms. The Labute approximate surface area is 254 Å². The minimum atomic E-state index is -0.856. The largest absolute Gasteiger partial charge is 0.497 e. The van der Waals surface area contributed by atoms with E-state index in [4.69, 9.17) is 9.47 Å². The monoisotopic (exact) mass is 605 g/mol. The second kappa shape index (κ2) is 14.5. The number of pyridine rings is 1. The maximum Gasteiger partial charge on any atom is 0.337 e. The molecule has 2 aromatic heterocycles. The number of fused-ring (bicyclic) bond motifs is 1. The maximum atomic E-state index is 15.3. The molecule has 0 fully saturated rings. The Morgan fingerprint density at radius 2 is 1.45 bits per heavy atom. The van der Waals surface area contributed by atoms with Gasteiger partial charge in [-0.15, -0.1) is 0 Å². The maximum absolute atomic E-state index is 15.3. The van der Waals surface area contributed by atoms with Gasteiger partial charge in [0.15, 0.2) is 0 Å². The predicted molar refractivity (Wildman–Crippen MR) is 170 cm³/mol. The Bertz CT molecular complexity index is 1960. The molecule has 232 valence electrons. The first-order valence-corrected chi connectivity index (χ1v) is 14.3. The van der Waals surface area contributed by atoms with Crippen molar-refractivity contribution in [1.29, 1.82) is 0 Å². The third-order valence-corrected chi connectivity index (χ3v) is 6.75. The van der Waals surface area contributed by atoms with E-state index in [9.17, 15) is 18.8 Å². The molecule has 0 aliphatic heterocycles. The molecule has 8 nitrogen and oxygen atoms in total. The molecule has 0 saturated heterocycles. The van der Waals surface area contributed by atoms with Crippen molar-refractivity contribution in [1.82, 2.24) is 13.7 Å². The smallest absolute Gasteiger partial charge is 0.337 e. The van der Waals surface area contributed by atoms with Crippen molar-refractivity contribution in [3.05, 3.63) is 126 Å². The van der Waals surface area contributed by atoms with Crippen LogP contribution in [0.15, 0.2) is 81.1 Å². The van der Waals surface area contributed by atoms with Crippen LogP contribution >= 0.6 is 0 Å². The van der Waals surface area contributed by atoms with Gasteiger partial charge in [-0.1, -0.05) is 52.0 Å². The normalized spacial score (nSPS) is 10.4. The number of halogens is 2. The highest BCUT2D eigenvalue weighted by Gasteiger charge is 2.24. The molecule has 2 heterocycles. The minimum Gasteiger partial charge on any atom is -0.497 e. The summed E-state index contributed by atoms with van der Waals surface area (Å²) in [4.78, 5) is 41.0. The number of rotatable bonds is 6. The Hall–Kier alpha value is -4.99. The van der Waals surface area contributed by atoms with Gasteiger partial charge in [0.2, 0.25) is 0 Å². The van der Waals surface area contributed by atoms with Gasteiger partial charge in [-0.25, -0.2) is 18.1 Å². The van der Waals surface area contributed by atoms with Gasteiger partial charge in [0.25, 0.3) is 11.1 Å². The molecule has 5 aromatic rings. The van der Waals surface area contributed by atoms with Gasteiger partial charge in [-0.3, -0.25) is 18.7 Å². The molecule has 0 spiro atoms. The Morgan fingerprint density at radius 3 is 2.07 bits per heavy atom. The molecule has 3 aromatic carbocycles. The number of benzene rings is 3. The van der Waals surface area contributed by atoms with Crippen LogP contribution in [0.5, 0.6) is 17.2 Å². The van der Waals surface area contributed by atoms with E-state index in [1.54, 1.807) is 37.3 Å². The summed E-state index contributed by atoms with van der Waals surface area (Å²) in [5.41, 5.74) is -1.19. The van der Waals surface area contributed by atoms with E-state index >= 15 is 4.39 Å². The fourth-order valence-electron chi connectivity index (χ4n) is 4.52. The van der Waals surface area contributed by atoms with Crippen LogP contribution in [0.3, 0.4) is 0 Å². The van der Waals surface area contributed by atoms with E-state index in [0.29, 0.717) is 16.9 Å². The number of nitrogens with zero attached hydrogens (tertiary/aromatic N) is 3. The van der Waals surface area contributed by atoms with Crippen molar-refractivity contribution in [2.45, 2.75) is 48.1 Å². The van der Waals surface area contributed by atoms with E-state index in [-0.39, 0.29) is 40.3 Å². The fourth-order valence-corrected chi connectivity index (χ4v) is 4.52. The second-order valence-electron chi connectivity index (χ2n) is 9.38. The zero-order valence-electron chi connectivity index (χ0n) is 26.2. The van der Waals surface area contributed by atoms with Gasteiger partial charge >= 0.3 is 5.69 Å². The molecule has 0 amide bonds. The van der Waals surface area contributed by atoms with E-state index in [1.807, 2.05) is 27.7 Å². The third-order valence-electron chi connectivity index (χ3n) is 6.75. The highest BCUT2D eigenvalue weighted by Crippen LogP contribution is 2.30. The molecule has 5 rings (SSSR count). The van der Waals surface area contributed by atoms with Gasteiger partial charge in [0, 0.05) is 18.7 Å². The summed E-state index contributed by atoms with van der Waals surface area (Å²) in [7, 11) is 2.89. The minimum absolute atomic E-state index is 0.0786. The summed E-state index contributed by atoms with van der Waals surface area (Å²) in [6, 6.07) is 16.3. The van der Waals surface area contributed by atoms with Crippen LogP contribution in [0, 0.1) is 25.5 Å². The van der Waals surface area contributed by atoms with Crippen molar-refractivity contribution in [2.75, 3.05) is 7.11 Å². The first-order chi connectivity index (χ1) is 21.1. The average Bonchev–Trinajstić information content (AvgIpc) is 3.03. The van der Waals surface area contributed by atoms with Crippen LogP contribution in [0.25, 0.3) is 16.7 Å². The summed E-state index contributed by atoms with van der Waals surface area (Å²) >= 11 is 0. The van der Waals surface area contributed by atoms with E-state index in [0.717, 1.165) is 19.8 Å². The van der Waals surface area contributed by atoms with Crippen molar-refractivity contribution >= 4 is 11.0 Å². The molecule has 0 aliphatic rings. The predicted octanol–water partition coefficient (Wildman–Crippen LogP) is 6.65. The van der Waals surface area contributed by atoms with Gasteiger partial charge in [-0.05, 0) is 61.4 Å². The lowest BCUT2D eigenvalue weighted by Crippen LogP contribution is -2.42. The van der Waals surface area contributed by atoms with Crippen LogP contribution in [0.1, 0.15) is 44.4 Å². The zero-order chi connectivity index (χ0) is 32.7. The van der Waals surface area contributed by atoms with Crippen LogP contribution in [0.4, 0.5) is 8.78 Å². The van der Waals surface area contributed by atoms with Crippen molar-refractivity contribution in [3.8, 4) is 22.9 Å². The van der Waals surface area contributed by atoms with Gasteiger partial charge in [-0.2, -0.15) is 0 Å². The molecular weight excluding hydrogens is 568 g/mol. The van der Waals surface area contributed by atoms with Gasteiger partial charge in [0.05, 0.1) is 19.3 Å². The Kier molecular flexibility index (Phi) is 11.0. The average molecular weight is 606 g/mol. The summed E-state index contributed by atoms with van der Waals surface area (Å²) in [5, 5.41) is -0.154. The molecule has 44 heavy (non-hydrogen) atoms. The first-order valence-electron chi connectivity index (χ1n) is 14.3. The van der Waals surface area contributed by atoms with Gasteiger partial charge < -0.3 is 9.47 Å². The molecule has 0 unspecified atom stereocenters. The van der Waals surface area contributed by atoms with Crippen LogP contribution < -0.4 is 26.3 Å². The highest BCUT2D eigenvalue weighted by molar-refractivity contribution is 5.83. The number of aryl methyl sites for hydroxylation is 2. The summed E-state index contributed by atoms with van der Waals surface area (Å²) in [5.74, 6) is -0.791. The molecule has 0 saturated carbocycles. The van der Waals surface area contributed by atoms with Crippen LogP contribution in [-0.4, -0.2) is 20.8 Å². The molecule has 0 radical (unpaired) electrons. The lowest BCUT2D eigenvalue weighted by molar-refractivity contribution is 0.414. The Morgan fingerprint density at radius 1 is 0.795 bits per heavy atom. The Balaban J connectivity index is 0.00000127. The lowest BCUT2D eigenvalue weighted by atomic mass is 10.2. The SMILES string of the molecule is CC.CC.COc1ccc(Cn2c(=O)c3c(Oc4cccc(F)c4C)cc(=O)n(C)c3n(-c3ccc(C)cc3F)c2=O)cc1. The molecule has 0 N–H and O–H groups in total.